The predicted molar refractivity (Wildman–Crippen MR) is 109 cm³/mol. The molecule has 0 bridgehead atoms. The molecule has 0 amide bonds. The molecular weight excluding hydrogens is 340 g/mol. The molecule has 4 nitrogen and oxygen atoms in total. The molecule has 1 atom stereocenters. The molecule has 2 aliphatic rings. The lowest BCUT2D eigenvalue weighted by molar-refractivity contribution is 0.135. The summed E-state index contributed by atoms with van der Waals surface area (Å²) in [6.07, 6.45) is 8.22. The van der Waals surface area contributed by atoms with Crippen molar-refractivity contribution < 1.29 is 0 Å². The van der Waals surface area contributed by atoms with Gasteiger partial charge in [-0.2, -0.15) is 0 Å². The first-order valence-electron chi connectivity index (χ1n) is 10.2. The second kappa shape index (κ2) is 8.24. The largest absolute Gasteiger partial charge is 0.303 e. The zero-order chi connectivity index (χ0) is 17.9. The van der Waals surface area contributed by atoms with E-state index in [2.05, 4.69) is 56.9 Å². The highest BCUT2D eigenvalue weighted by atomic mass is 32.1. The molecule has 2 aromatic rings. The van der Waals surface area contributed by atoms with Crippen molar-refractivity contribution in [1.29, 1.82) is 0 Å². The van der Waals surface area contributed by atoms with Gasteiger partial charge in [-0.25, -0.2) is 4.98 Å². The molecule has 2 saturated heterocycles. The van der Waals surface area contributed by atoms with Crippen molar-refractivity contribution in [2.24, 2.45) is 17.8 Å². The Kier molecular flexibility index (Phi) is 5.77. The fourth-order valence-electron chi connectivity index (χ4n) is 4.81. The topological polar surface area (TPSA) is 24.3 Å². The lowest BCUT2D eigenvalue weighted by atomic mass is 9.83. The number of hydrogen-bond donors (Lipinski definition) is 0. The molecule has 2 fully saturated rings. The van der Waals surface area contributed by atoms with Gasteiger partial charge in [-0.1, -0.05) is 13.8 Å². The van der Waals surface area contributed by atoms with Gasteiger partial charge >= 0.3 is 0 Å². The zero-order valence-electron chi connectivity index (χ0n) is 16.2. The van der Waals surface area contributed by atoms with Crippen LogP contribution in [0.5, 0.6) is 0 Å². The Bertz CT molecular complexity index is 670. The molecule has 0 aliphatic carbocycles. The van der Waals surface area contributed by atoms with Gasteiger partial charge in [-0.3, -0.25) is 9.47 Å². The predicted octanol–water partition coefficient (Wildman–Crippen LogP) is 4.12. The molecular formula is C21H32N4S. The van der Waals surface area contributed by atoms with Gasteiger partial charge < -0.3 is 4.90 Å². The fraction of sp³-hybridized carbons (Fsp3) is 0.667. The number of piperidine rings is 1. The number of likely N-dealkylation sites (tertiary alicyclic amines) is 2. The van der Waals surface area contributed by atoms with Gasteiger partial charge in [-0.05, 0) is 68.8 Å². The molecule has 1 unspecified atom stereocenters. The average Bonchev–Trinajstić information content (AvgIpc) is 3.36. The summed E-state index contributed by atoms with van der Waals surface area (Å²) in [5.41, 5.74) is 1.37. The van der Waals surface area contributed by atoms with Crippen molar-refractivity contribution in [3.63, 3.8) is 0 Å². The Balaban J connectivity index is 1.29. The van der Waals surface area contributed by atoms with E-state index >= 15 is 0 Å². The summed E-state index contributed by atoms with van der Waals surface area (Å²) in [5.74, 6) is 2.64. The van der Waals surface area contributed by atoms with Crippen LogP contribution in [-0.4, -0.2) is 52.1 Å². The standard InChI is InChI=1S/C21H32N4S/c1-17(2)14-23-10-5-18(6-11-23)19-7-12-24(15-19)16-20-4-3-9-25(20)21-22-8-13-26-21/h3-4,8-9,13,17-19H,5-7,10-12,14-16H2,1-2H3. The Morgan fingerprint density at radius 1 is 1.12 bits per heavy atom. The van der Waals surface area contributed by atoms with Crippen LogP contribution in [0.2, 0.25) is 0 Å². The van der Waals surface area contributed by atoms with Crippen LogP contribution < -0.4 is 0 Å². The fourth-order valence-corrected chi connectivity index (χ4v) is 5.47. The van der Waals surface area contributed by atoms with E-state index in [1.807, 2.05) is 6.20 Å². The van der Waals surface area contributed by atoms with Crippen LogP contribution in [0.15, 0.2) is 29.9 Å². The molecule has 2 aromatic heterocycles. The average molecular weight is 373 g/mol. The molecule has 26 heavy (non-hydrogen) atoms. The Hall–Kier alpha value is -1.17. The first-order valence-corrected chi connectivity index (χ1v) is 11.1. The van der Waals surface area contributed by atoms with E-state index in [4.69, 9.17) is 0 Å². The van der Waals surface area contributed by atoms with Gasteiger partial charge in [0.25, 0.3) is 0 Å². The second-order valence-corrected chi connectivity index (χ2v) is 9.37. The van der Waals surface area contributed by atoms with Crippen LogP contribution in [-0.2, 0) is 6.54 Å². The van der Waals surface area contributed by atoms with Crippen molar-refractivity contribution in [3.8, 4) is 5.13 Å². The third kappa shape index (κ3) is 4.21. The molecule has 0 aromatic carbocycles. The maximum atomic E-state index is 4.47. The summed E-state index contributed by atoms with van der Waals surface area (Å²) in [7, 11) is 0. The van der Waals surface area contributed by atoms with Gasteiger partial charge in [0, 0.05) is 43.1 Å². The highest BCUT2D eigenvalue weighted by molar-refractivity contribution is 7.12. The van der Waals surface area contributed by atoms with E-state index < -0.39 is 0 Å². The lowest BCUT2D eigenvalue weighted by Gasteiger charge is -2.35. The zero-order valence-corrected chi connectivity index (χ0v) is 17.0. The van der Waals surface area contributed by atoms with E-state index in [1.54, 1.807) is 11.3 Å². The normalized spacial score (nSPS) is 23.3. The van der Waals surface area contributed by atoms with Crippen molar-refractivity contribution in [2.75, 3.05) is 32.7 Å². The SMILES string of the molecule is CC(C)CN1CCC(C2CCN(Cc3cccn3-c3nccs3)C2)CC1. The number of nitrogens with zero attached hydrogens (tertiary/aromatic N) is 4. The first-order chi connectivity index (χ1) is 12.7. The van der Waals surface area contributed by atoms with E-state index in [0.717, 1.165) is 29.4 Å². The minimum Gasteiger partial charge on any atom is -0.303 e. The van der Waals surface area contributed by atoms with Crippen LogP contribution in [0, 0.1) is 17.8 Å². The molecule has 0 N–H and O–H groups in total. The maximum absolute atomic E-state index is 4.47. The van der Waals surface area contributed by atoms with Crippen molar-refractivity contribution in [1.82, 2.24) is 19.4 Å². The number of aromatic nitrogens is 2. The molecule has 4 rings (SSSR count). The summed E-state index contributed by atoms with van der Waals surface area (Å²) in [6, 6.07) is 4.40. The Labute approximate surface area is 161 Å². The second-order valence-electron chi connectivity index (χ2n) is 8.50. The van der Waals surface area contributed by atoms with Crippen LogP contribution in [0.1, 0.15) is 38.8 Å². The van der Waals surface area contributed by atoms with E-state index in [1.165, 1.54) is 57.7 Å². The minimum absolute atomic E-state index is 0.794. The van der Waals surface area contributed by atoms with Gasteiger partial charge in [-0.15, -0.1) is 11.3 Å². The van der Waals surface area contributed by atoms with Crippen molar-refractivity contribution >= 4 is 11.3 Å². The van der Waals surface area contributed by atoms with E-state index in [-0.39, 0.29) is 0 Å². The highest BCUT2D eigenvalue weighted by Crippen LogP contribution is 2.32. The first kappa shape index (κ1) is 18.2. The van der Waals surface area contributed by atoms with Crippen molar-refractivity contribution in [2.45, 2.75) is 39.7 Å². The van der Waals surface area contributed by atoms with Gasteiger partial charge in [0.15, 0.2) is 5.13 Å². The summed E-state index contributed by atoms with van der Waals surface area (Å²) < 4.78 is 2.25. The smallest absolute Gasteiger partial charge is 0.193 e. The number of hydrogen-bond acceptors (Lipinski definition) is 4. The number of rotatable bonds is 6. The van der Waals surface area contributed by atoms with Crippen molar-refractivity contribution in [3.05, 3.63) is 35.6 Å². The summed E-state index contributed by atoms with van der Waals surface area (Å²) >= 11 is 1.71. The molecule has 2 aliphatic heterocycles. The lowest BCUT2D eigenvalue weighted by Crippen LogP contribution is -2.38. The Morgan fingerprint density at radius 2 is 1.88 bits per heavy atom. The molecule has 0 spiro atoms. The van der Waals surface area contributed by atoms with Crippen LogP contribution in [0.4, 0.5) is 0 Å². The van der Waals surface area contributed by atoms with Gasteiger partial charge in [0.1, 0.15) is 0 Å². The molecule has 142 valence electrons. The van der Waals surface area contributed by atoms with Crippen LogP contribution in [0.25, 0.3) is 5.13 Å². The van der Waals surface area contributed by atoms with E-state index in [9.17, 15) is 0 Å². The highest BCUT2D eigenvalue weighted by Gasteiger charge is 2.32. The quantitative estimate of drug-likeness (QED) is 0.762. The molecule has 5 heteroatoms. The minimum atomic E-state index is 0.794. The summed E-state index contributed by atoms with van der Waals surface area (Å²) in [5, 5.41) is 3.13. The third-order valence-electron chi connectivity index (χ3n) is 6.08. The third-order valence-corrected chi connectivity index (χ3v) is 6.85. The maximum Gasteiger partial charge on any atom is 0.193 e. The number of thiazole rings is 1. The van der Waals surface area contributed by atoms with E-state index in [0.29, 0.717) is 0 Å². The van der Waals surface area contributed by atoms with Gasteiger partial charge in [0.2, 0.25) is 0 Å². The molecule has 0 radical (unpaired) electrons. The molecule has 0 saturated carbocycles. The monoisotopic (exact) mass is 372 g/mol. The van der Waals surface area contributed by atoms with Gasteiger partial charge in [0.05, 0.1) is 0 Å². The summed E-state index contributed by atoms with van der Waals surface area (Å²) in [6.45, 7) is 12.1. The van der Waals surface area contributed by atoms with Crippen LogP contribution >= 0.6 is 11.3 Å². The summed E-state index contributed by atoms with van der Waals surface area (Å²) in [4.78, 5) is 9.80. The molecule has 4 heterocycles. The Morgan fingerprint density at radius 3 is 2.62 bits per heavy atom. The van der Waals surface area contributed by atoms with Crippen LogP contribution in [0.3, 0.4) is 0 Å².